The first kappa shape index (κ1) is 23.3. The SMILES string of the molecule is CNCCOCCN1C[C@@H]2C[C@H]1CN2CCOCCN1CCN(CCOC)CC1. The normalized spacial score (nSPS) is 26.7. The molecule has 0 aromatic rings. The van der Waals surface area contributed by atoms with Crippen LogP contribution in [0.4, 0.5) is 0 Å². The Kier molecular flexibility index (Phi) is 10.6. The van der Waals surface area contributed by atoms with Crippen molar-refractivity contribution in [3.05, 3.63) is 0 Å². The summed E-state index contributed by atoms with van der Waals surface area (Å²) in [5.41, 5.74) is 0. The van der Waals surface area contributed by atoms with E-state index in [0.717, 1.165) is 104 Å². The number of rotatable bonds is 15. The van der Waals surface area contributed by atoms with Crippen LogP contribution in [0.3, 0.4) is 0 Å². The molecule has 8 heteroatoms. The molecule has 0 aromatic heterocycles. The van der Waals surface area contributed by atoms with Crippen molar-refractivity contribution in [2.45, 2.75) is 18.5 Å². The maximum atomic E-state index is 5.97. The van der Waals surface area contributed by atoms with Crippen molar-refractivity contribution in [1.29, 1.82) is 0 Å². The van der Waals surface area contributed by atoms with Crippen molar-refractivity contribution in [1.82, 2.24) is 24.9 Å². The Morgan fingerprint density at radius 3 is 1.76 bits per heavy atom. The molecule has 29 heavy (non-hydrogen) atoms. The lowest BCUT2D eigenvalue weighted by Gasteiger charge is -2.35. The Bertz CT molecular complexity index is 437. The maximum absolute atomic E-state index is 5.97. The van der Waals surface area contributed by atoms with Crippen LogP contribution in [0.1, 0.15) is 6.42 Å². The number of piperazine rings is 2. The van der Waals surface area contributed by atoms with Gasteiger partial charge in [-0.25, -0.2) is 0 Å². The molecule has 0 amide bonds. The minimum atomic E-state index is 0.723. The van der Waals surface area contributed by atoms with E-state index in [4.69, 9.17) is 14.2 Å². The van der Waals surface area contributed by atoms with E-state index in [1.807, 2.05) is 7.05 Å². The standard InChI is InChI=1S/C21H43N5O3/c1-22-3-12-28-15-10-25-18-21-17-20(25)19-26(21)11-16-29-14-9-24-6-4-23(5-7-24)8-13-27-2/h20-22H,3-19H2,1-2H3/t20-,21-/m0/s1. The quantitative estimate of drug-likeness (QED) is 0.353. The Balaban J connectivity index is 1.17. The van der Waals surface area contributed by atoms with Crippen LogP contribution in [0.15, 0.2) is 0 Å². The monoisotopic (exact) mass is 413 g/mol. The highest BCUT2D eigenvalue weighted by Gasteiger charge is 2.42. The van der Waals surface area contributed by atoms with Gasteiger partial charge in [-0.1, -0.05) is 0 Å². The molecule has 0 unspecified atom stereocenters. The van der Waals surface area contributed by atoms with E-state index in [1.165, 1.54) is 19.5 Å². The van der Waals surface area contributed by atoms with Crippen LogP contribution >= 0.6 is 0 Å². The topological polar surface area (TPSA) is 52.7 Å². The molecule has 0 aromatic carbocycles. The average Bonchev–Trinajstić information content (AvgIpc) is 3.33. The molecule has 2 atom stereocenters. The molecule has 2 bridgehead atoms. The molecule has 3 saturated heterocycles. The molecule has 3 rings (SSSR count). The number of nitrogens with zero attached hydrogens (tertiary/aromatic N) is 4. The van der Waals surface area contributed by atoms with Gasteiger partial charge in [0.05, 0.1) is 33.0 Å². The van der Waals surface area contributed by atoms with Crippen LogP contribution in [0.2, 0.25) is 0 Å². The van der Waals surface area contributed by atoms with Crippen molar-refractivity contribution in [2.24, 2.45) is 0 Å². The first-order valence-corrected chi connectivity index (χ1v) is 11.5. The number of hydrogen-bond donors (Lipinski definition) is 1. The van der Waals surface area contributed by atoms with Gasteiger partial charge in [0.1, 0.15) is 0 Å². The maximum Gasteiger partial charge on any atom is 0.0594 e. The highest BCUT2D eigenvalue weighted by molar-refractivity contribution is 4.99. The molecule has 8 nitrogen and oxygen atoms in total. The van der Waals surface area contributed by atoms with Gasteiger partial charge in [0, 0.05) is 91.2 Å². The molecule has 3 aliphatic heterocycles. The van der Waals surface area contributed by atoms with E-state index < -0.39 is 0 Å². The minimum Gasteiger partial charge on any atom is -0.383 e. The molecule has 0 aliphatic carbocycles. The summed E-state index contributed by atoms with van der Waals surface area (Å²) in [6.07, 6.45) is 1.32. The van der Waals surface area contributed by atoms with Gasteiger partial charge in [0.25, 0.3) is 0 Å². The summed E-state index contributed by atoms with van der Waals surface area (Å²) in [6.45, 7) is 16.4. The Morgan fingerprint density at radius 2 is 1.24 bits per heavy atom. The largest absolute Gasteiger partial charge is 0.383 e. The van der Waals surface area contributed by atoms with Gasteiger partial charge in [-0.3, -0.25) is 19.6 Å². The summed E-state index contributed by atoms with van der Waals surface area (Å²) in [6, 6.07) is 1.45. The predicted molar refractivity (Wildman–Crippen MR) is 116 cm³/mol. The van der Waals surface area contributed by atoms with Crippen molar-refractivity contribution < 1.29 is 14.2 Å². The van der Waals surface area contributed by atoms with Gasteiger partial charge in [-0.15, -0.1) is 0 Å². The third kappa shape index (κ3) is 7.70. The molecular weight excluding hydrogens is 370 g/mol. The van der Waals surface area contributed by atoms with Gasteiger partial charge in [-0.05, 0) is 13.5 Å². The van der Waals surface area contributed by atoms with Crippen LogP contribution in [-0.4, -0.2) is 151 Å². The molecule has 3 fully saturated rings. The zero-order valence-electron chi connectivity index (χ0n) is 18.7. The fourth-order valence-corrected chi connectivity index (χ4v) is 4.77. The van der Waals surface area contributed by atoms with Gasteiger partial charge in [0.15, 0.2) is 0 Å². The highest BCUT2D eigenvalue weighted by Crippen LogP contribution is 2.29. The van der Waals surface area contributed by atoms with Gasteiger partial charge < -0.3 is 19.5 Å². The fraction of sp³-hybridized carbons (Fsp3) is 1.00. The molecule has 3 heterocycles. The summed E-state index contributed by atoms with van der Waals surface area (Å²) in [5, 5.41) is 3.12. The van der Waals surface area contributed by atoms with E-state index in [1.54, 1.807) is 7.11 Å². The summed E-state index contributed by atoms with van der Waals surface area (Å²) in [5.74, 6) is 0. The first-order chi connectivity index (χ1) is 14.3. The molecule has 0 saturated carbocycles. The van der Waals surface area contributed by atoms with Crippen LogP contribution in [0, 0.1) is 0 Å². The second-order valence-electron chi connectivity index (χ2n) is 8.54. The van der Waals surface area contributed by atoms with Crippen LogP contribution in [0.5, 0.6) is 0 Å². The molecule has 170 valence electrons. The lowest BCUT2D eigenvalue weighted by Crippen LogP contribution is -2.48. The second kappa shape index (κ2) is 13.2. The summed E-state index contributed by atoms with van der Waals surface area (Å²) in [4.78, 5) is 10.3. The fourth-order valence-electron chi connectivity index (χ4n) is 4.77. The third-order valence-electron chi connectivity index (χ3n) is 6.64. The third-order valence-corrected chi connectivity index (χ3v) is 6.64. The number of ether oxygens (including phenoxy) is 3. The number of likely N-dealkylation sites (N-methyl/N-ethyl adjacent to an activating group) is 1. The van der Waals surface area contributed by atoms with E-state index >= 15 is 0 Å². The van der Waals surface area contributed by atoms with E-state index in [2.05, 4.69) is 24.9 Å². The second-order valence-corrected chi connectivity index (χ2v) is 8.54. The molecule has 0 spiro atoms. The van der Waals surface area contributed by atoms with Crippen LogP contribution in [-0.2, 0) is 14.2 Å². The van der Waals surface area contributed by atoms with Gasteiger partial charge >= 0.3 is 0 Å². The smallest absolute Gasteiger partial charge is 0.0594 e. The van der Waals surface area contributed by atoms with Crippen molar-refractivity contribution in [3.63, 3.8) is 0 Å². The summed E-state index contributed by atoms with van der Waals surface area (Å²) < 4.78 is 16.8. The van der Waals surface area contributed by atoms with E-state index in [-0.39, 0.29) is 0 Å². The molecule has 3 aliphatic rings. The van der Waals surface area contributed by atoms with E-state index in [9.17, 15) is 0 Å². The van der Waals surface area contributed by atoms with Gasteiger partial charge in [0.2, 0.25) is 0 Å². The first-order valence-electron chi connectivity index (χ1n) is 11.5. The average molecular weight is 414 g/mol. The van der Waals surface area contributed by atoms with Crippen molar-refractivity contribution in [2.75, 3.05) is 119 Å². The Labute approximate surface area is 177 Å². The Morgan fingerprint density at radius 1 is 0.724 bits per heavy atom. The summed E-state index contributed by atoms with van der Waals surface area (Å²) in [7, 11) is 3.74. The zero-order chi connectivity index (χ0) is 20.3. The van der Waals surface area contributed by atoms with E-state index in [0.29, 0.717) is 0 Å². The summed E-state index contributed by atoms with van der Waals surface area (Å²) >= 11 is 0. The van der Waals surface area contributed by atoms with Crippen LogP contribution in [0.25, 0.3) is 0 Å². The number of hydrogen-bond acceptors (Lipinski definition) is 8. The van der Waals surface area contributed by atoms with Crippen LogP contribution < -0.4 is 5.32 Å². The number of nitrogens with one attached hydrogen (secondary N) is 1. The Hall–Kier alpha value is -0.320. The minimum absolute atomic E-state index is 0.723. The van der Waals surface area contributed by atoms with Gasteiger partial charge in [-0.2, -0.15) is 0 Å². The van der Waals surface area contributed by atoms with Crippen molar-refractivity contribution >= 4 is 0 Å². The predicted octanol–water partition coefficient (Wildman–Crippen LogP) is -0.738. The number of likely N-dealkylation sites (tertiary alicyclic amines) is 2. The zero-order valence-corrected chi connectivity index (χ0v) is 18.7. The number of fused-ring (bicyclic) bond motifs is 2. The lowest BCUT2D eigenvalue weighted by atomic mass is 10.2. The highest BCUT2D eigenvalue weighted by atomic mass is 16.5. The number of methoxy groups -OCH3 is 1. The molecule has 0 radical (unpaired) electrons. The van der Waals surface area contributed by atoms with Crippen molar-refractivity contribution in [3.8, 4) is 0 Å². The molecule has 1 N–H and O–H groups in total. The lowest BCUT2D eigenvalue weighted by molar-refractivity contribution is 0.0417. The molecular formula is C21H43N5O3.